The second-order valence-electron chi connectivity index (χ2n) is 6.64. The van der Waals surface area contributed by atoms with Crippen molar-refractivity contribution >= 4 is 18.4 Å². The molecule has 0 aliphatic rings. The number of methoxy groups -OCH3 is 1. The molecule has 1 heterocycles. The van der Waals surface area contributed by atoms with Crippen LogP contribution in [0.3, 0.4) is 0 Å². The summed E-state index contributed by atoms with van der Waals surface area (Å²) in [4.78, 5) is 0. The molecule has 1 aromatic rings. The summed E-state index contributed by atoms with van der Waals surface area (Å²) in [5.74, 6) is 1.04. The Bertz CT molecular complexity index is 356. The number of rotatable bonds is 14. The van der Waals surface area contributed by atoms with Crippen molar-refractivity contribution in [1.82, 2.24) is 0 Å². The minimum absolute atomic E-state index is 0.198. The van der Waals surface area contributed by atoms with Crippen molar-refractivity contribution in [3.8, 4) is 0 Å². The molecule has 0 amide bonds. The van der Waals surface area contributed by atoms with Gasteiger partial charge in [-0.25, -0.2) is 0 Å². The van der Waals surface area contributed by atoms with E-state index in [1.54, 1.807) is 13.4 Å². The molecule has 1 aromatic heterocycles. The summed E-state index contributed by atoms with van der Waals surface area (Å²) in [5, 5.41) is 0. The van der Waals surface area contributed by atoms with Crippen molar-refractivity contribution in [3.63, 3.8) is 0 Å². The van der Waals surface area contributed by atoms with E-state index in [0.29, 0.717) is 6.79 Å². The van der Waals surface area contributed by atoms with Gasteiger partial charge in [0.15, 0.2) is 0 Å². The van der Waals surface area contributed by atoms with Crippen LogP contribution in [0.15, 0.2) is 22.8 Å². The molecule has 0 radical (unpaired) electrons. The fourth-order valence-electron chi connectivity index (χ4n) is 3.49. The molecule has 1 unspecified atom stereocenters. The van der Waals surface area contributed by atoms with Gasteiger partial charge in [0.25, 0.3) is 0 Å². The summed E-state index contributed by atoms with van der Waals surface area (Å²) in [6.45, 7) is 7.27. The van der Waals surface area contributed by atoms with E-state index in [1.807, 2.05) is 6.07 Å². The van der Waals surface area contributed by atoms with E-state index in [9.17, 15) is 0 Å². The van der Waals surface area contributed by atoms with Crippen molar-refractivity contribution < 1.29 is 13.9 Å². The number of ether oxygens (including phenoxy) is 2. The van der Waals surface area contributed by atoms with Crippen LogP contribution in [0.25, 0.3) is 0 Å². The number of furan rings is 1. The maximum absolute atomic E-state index is 6.27. The Labute approximate surface area is 147 Å². The first-order valence-electron chi connectivity index (χ1n) is 9.38. The van der Waals surface area contributed by atoms with Crippen LogP contribution in [0.2, 0.25) is 13.3 Å². The topological polar surface area (TPSA) is 31.6 Å². The summed E-state index contributed by atoms with van der Waals surface area (Å²) in [6.07, 6.45) is 9.59. The number of unbranched alkanes of at least 4 members (excludes halogenated alkanes) is 3. The van der Waals surface area contributed by atoms with Crippen LogP contribution < -0.4 is 0 Å². The molecule has 0 saturated heterocycles. The van der Waals surface area contributed by atoms with Crippen LogP contribution in [0.4, 0.5) is 0 Å². The summed E-state index contributed by atoms with van der Waals surface area (Å²) in [5.41, 5.74) is 0. The van der Waals surface area contributed by atoms with E-state index >= 15 is 0 Å². The van der Waals surface area contributed by atoms with Crippen LogP contribution in [-0.4, -0.2) is 32.3 Å². The maximum atomic E-state index is 6.27. The molecule has 3 nitrogen and oxygen atoms in total. The second kappa shape index (κ2) is 12.4. The van der Waals surface area contributed by atoms with Gasteiger partial charge in [-0.1, -0.05) is 0 Å². The Morgan fingerprint density at radius 1 is 1.00 bits per heavy atom. The summed E-state index contributed by atoms with van der Waals surface area (Å²) in [6, 6.07) is 4.10. The van der Waals surface area contributed by atoms with E-state index < -0.39 is 18.4 Å². The van der Waals surface area contributed by atoms with Crippen LogP contribution in [0.1, 0.15) is 69.2 Å². The van der Waals surface area contributed by atoms with Crippen LogP contribution >= 0.6 is 0 Å². The molecule has 1 rings (SSSR count). The van der Waals surface area contributed by atoms with E-state index in [2.05, 4.69) is 26.8 Å². The predicted octanol–water partition coefficient (Wildman–Crippen LogP) is 6.33. The van der Waals surface area contributed by atoms with Crippen molar-refractivity contribution in [2.45, 2.75) is 76.7 Å². The third kappa shape index (κ3) is 6.79. The number of hydrogen-bond acceptors (Lipinski definition) is 3. The van der Waals surface area contributed by atoms with Gasteiger partial charge in [-0.3, -0.25) is 0 Å². The Balaban J connectivity index is 3.09. The molecule has 0 aliphatic heterocycles. The first-order chi connectivity index (χ1) is 11.2. The monoisotopic (exact) mass is 432 g/mol. The van der Waals surface area contributed by atoms with Gasteiger partial charge in [0.05, 0.1) is 0 Å². The number of hydrogen-bond donors (Lipinski definition) is 0. The van der Waals surface area contributed by atoms with E-state index in [-0.39, 0.29) is 4.12 Å². The summed E-state index contributed by atoms with van der Waals surface area (Å²) in [7, 11) is 1.71. The van der Waals surface area contributed by atoms with Crippen molar-refractivity contribution in [2.75, 3.05) is 13.9 Å². The van der Waals surface area contributed by atoms with E-state index in [0.717, 1.165) is 5.76 Å². The van der Waals surface area contributed by atoms with Gasteiger partial charge in [0, 0.05) is 0 Å². The zero-order valence-corrected chi connectivity index (χ0v) is 18.5. The quantitative estimate of drug-likeness (QED) is 0.255. The fraction of sp³-hybridized carbons (Fsp3) is 0.789. The molecule has 0 aromatic carbocycles. The Morgan fingerprint density at radius 2 is 1.57 bits per heavy atom. The molecule has 0 aliphatic carbocycles. The van der Waals surface area contributed by atoms with Crippen molar-refractivity contribution in [2.24, 2.45) is 0 Å². The zero-order valence-electron chi connectivity index (χ0n) is 15.6. The average molecular weight is 431 g/mol. The molecular weight excluding hydrogens is 395 g/mol. The van der Waals surface area contributed by atoms with E-state index in [1.165, 1.54) is 51.8 Å². The molecule has 134 valence electrons. The Morgan fingerprint density at radius 3 is 1.96 bits per heavy atom. The van der Waals surface area contributed by atoms with Gasteiger partial charge < -0.3 is 0 Å². The van der Waals surface area contributed by atoms with Gasteiger partial charge >= 0.3 is 147 Å². The van der Waals surface area contributed by atoms with Gasteiger partial charge in [0.2, 0.25) is 0 Å². The zero-order chi connectivity index (χ0) is 17.0. The summed E-state index contributed by atoms with van der Waals surface area (Å²) >= 11 is -2.54. The molecule has 0 bridgehead atoms. The van der Waals surface area contributed by atoms with Crippen LogP contribution in [-0.2, 0) is 9.47 Å². The molecule has 0 N–H and O–H groups in total. The standard InChI is InChI=1S/C7H9O3.3C4H9.Sn/c1-8-6-9-5-7-3-2-4-10-7;3*1-3-4-2;/h2-5H,6H2,1H3;3*1,3-4H2,2H3;. The molecule has 0 saturated carbocycles. The Hall–Kier alpha value is -0.00130. The van der Waals surface area contributed by atoms with Gasteiger partial charge in [0.1, 0.15) is 0 Å². The van der Waals surface area contributed by atoms with E-state index in [4.69, 9.17) is 13.9 Å². The minimum atomic E-state index is -2.54. The normalized spacial score (nSPS) is 13.4. The third-order valence-corrected chi connectivity index (χ3v) is 20.8. The average Bonchev–Trinajstić information content (AvgIpc) is 3.10. The van der Waals surface area contributed by atoms with Crippen molar-refractivity contribution in [3.05, 3.63) is 24.2 Å². The first-order valence-corrected chi connectivity index (χ1v) is 17.1. The van der Waals surface area contributed by atoms with Crippen LogP contribution in [0, 0.1) is 0 Å². The first kappa shape index (κ1) is 21.0. The summed E-state index contributed by atoms with van der Waals surface area (Å²) < 4.78 is 21.7. The Kier molecular flexibility index (Phi) is 11.3. The van der Waals surface area contributed by atoms with Crippen molar-refractivity contribution in [1.29, 1.82) is 0 Å². The third-order valence-electron chi connectivity index (χ3n) is 4.80. The molecular formula is C19H36O3Sn. The molecule has 4 heteroatoms. The van der Waals surface area contributed by atoms with Gasteiger partial charge in [-0.15, -0.1) is 0 Å². The second-order valence-corrected chi connectivity index (χ2v) is 20.2. The molecule has 0 fully saturated rings. The van der Waals surface area contributed by atoms with Gasteiger partial charge in [-0.2, -0.15) is 0 Å². The molecule has 0 spiro atoms. The SMILES string of the molecule is CCC[CH2][Sn]([CH2]CCC)([CH2]CCC)[CH](OCOC)c1ccco1. The van der Waals surface area contributed by atoms with Crippen LogP contribution in [0.5, 0.6) is 0 Å². The molecule has 23 heavy (non-hydrogen) atoms. The molecule has 1 atom stereocenters. The van der Waals surface area contributed by atoms with Gasteiger partial charge in [-0.05, 0) is 0 Å². The predicted molar refractivity (Wildman–Crippen MR) is 99.3 cm³/mol. The fourth-order valence-corrected chi connectivity index (χ4v) is 20.3.